The molecule has 21 heavy (non-hydrogen) atoms. The largest absolute Gasteiger partial charge is 0.504 e. The van der Waals surface area contributed by atoms with Crippen LogP contribution in [-0.2, 0) is 0 Å². The van der Waals surface area contributed by atoms with Gasteiger partial charge in [0.2, 0.25) is 5.75 Å². The van der Waals surface area contributed by atoms with Gasteiger partial charge in [0, 0.05) is 5.56 Å². The van der Waals surface area contributed by atoms with Crippen LogP contribution in [0.2, 0.25) is 0 Å². The number of benzene rings is 2. The van der Waals surface area contributed by atoms with Crippen molar-refractivity contribution in [2.24, 2.45) is 0 Å². The lowest BCUT2D eigenvalue weighted by Crippen LogP contribution is -2.05. The number of halogens is 1. The fourth-order valence-electron chi connectivity index (χ4n) is 1.83. The standard InChI is InChI=1S/C14H11FO6/c1-5-2-6(3-8(16)11(5)18)12(19)7-4-9(17)13(20)14(21)10(7)15/h2-4,16-18,20-21H,1H3. The van der Waals surface area contributed by atoms with E-state index in [0.29, 0.717) is 6.07 Å². The normalized spacial score (nSPS) is 10.6. The molecule has 0 bridgehead atoms. The number of aromatic hydroxyl groups is 5. The van der Waals surface area contributed by atoms with Crippen molar-refractivity contribution in [3.05, 3.63) is 40.7 Å². The number of ketones is 1. The average molecular weight is 294 g/mol. The Balaban J connectivity index is 2.61. The third-order valence-corrected chi connectivity index (χ3v) is 2.98. The molecule has 0 radical (unpaired) electrons. The predicted octanol–water partition coefficient (Wildman–Crippen LogP) is 1.89. The number of hydrogen-bond acceptors (Lipinski definition) is 6. The molecule has 2 aromatic carbocycles. The summed E-state index contributed by atoms with van der Waals surface area (Å²) in [7, 11) is 0. The first-order valence-electron chi connectivity index (χ1n) is 5.74. The summed E-state index contributed by atoms with van der Waals surface area (Å²) in [6.45, 7) is 1.42. The Hall–Kier alpha value is -2.96. The van der Waals surface area contributed by atoms with Crippen LogP contribution in [0.3, 0.4) is 0 Å². The van der Waals surface area contributed by atoms with E-state index in [1.165, 1.54) is 13.0 Å². The molecular formula is C14H11FO6. The molecule has 2 rings (SSSR count). The maximum atomic E-state index is 13.8. The minimum absolute atomic E-state index is 0.161. The average Bonchev–Trinajstić information content (AvgIpc) is 2.45. The maximum absolute atomic E-state index is 13.8. The van der Waals surface area contributed by atoms with E-state index in [9.17, 15) is 29.6 Å². The molecule has 110 valence electrons. The van der Waals surface area contributed by atoms with Crippen LogP contribution in [0.5, 0.6) is 28.7 Å². The topological polar surface area (TPSA) is 118 Å². The van der Waals surface area contributed by atoms with E-state index in [4.69, 9.17) is 5.11 Å². The van der Waals surface area contributed by atoms with Crippen molar-refractivity contribution in [3.8, 4) is 28.7 Å². The van der Waals surface area contributed by atoms with Crippen molar-refractivity contribution >= 4 is 5.78 Å². The first kappa shape index (κ1) is 14.4. The molecule has 0 aliphatic rings. The summed E-state index contributed by atoms with van der Waals surface area (Å²) in [5.74, 6) is -6.52. The zero-order valence-corrected chi connectivity index (χ0v) is 10.8. The van der Waals surface area contributed by atoms with Crippen LogP contribution in [0.1, 0.15) is 21.5 Å². The van der Waals surface area contributed by atoms with E-state index in [2.05, 4.69) is 0 Å². The van der Waals surface area contributed by atoms with Crippen molar-refractivity contribution in [3.63, 3.8) is 0 Å². The minimum Gasteiger partial charge on any atom is -0.504 e. The number of aryl methyl sites for hydroxylation is 1. The summed E-state index contributed by atoms with van der Waals surface area (Å²) in [4.78, 5) is 12.2. The van der Waals surface area contributed by atoms with Gasteiger partial charge >= 0.3 is 0 Å². The molecule has 0 aromatic heterocycles. The number of carbonyl (C=O) groups excluding carboxylic acids is 1. The zero-order chi connectivity index (χ0) is 15.9. The second-order valence-corrected chi connectivity index (χ2v) is 4.44. The SMILES string of the molecule is Cc1cc(C(=O)c2cc(O)c(O)c(O)c2F)cc(O)c1O. The molecule has 7 heteroatoms. The molecule has 0 heterocycles. The van der Waals surface area contributed by atoms with Gasteiger partial charge in [0.1, 0.15) is 0 Å². The van der Waals surface area contributed by atoms with E-state index in [0.717, 1.165) is 6.07 Å². The summed E-state index contributed by atoms with van der Waals surface area (Å²) in [5.41, 5.74) is -0.663. The highest BCUT2D eigenvalue weighted by atomic mass is 19.1. The van der Waals surface area contributed by atoms with Crippen LogP contribution in [0.25, 0.3) is 0 Å². The zero-order valence-electron chi connectivity index (χ0n) is 10.8. The number of phenolic OH excluding ortho intramolecular Hbond substituents is 5. The molecule has 0 saturated carbocycles. The number of phenols is 5. The third-order valence-electron chi connectivity index (χ3n) is 2.98. The summed E-state index contributed by atoms with van der Waals surface area (Å²) >= 11 is 0. The van der Waals surface area contributed by atoms with E-state index in [1.807, 2.05) is 0 Å². The Bertz CT molecular complexity index is 731. The fraction of sp³-hybridized carbons (Fsp3) is 0.0714. The molecular weight excluding hydrogens is 283 g/mol. The van der Waals surface area contributed by atoms with Crippen molar-refractivity contribution < 1.29 is 34.7 Å². The van der Waals surface area contributed by atoms with E-state index in [1.54, 1.807) is 0 Å². The quantitative estimate of drug-likeness (QED) is 0.426. The van der Waals surface area contributed by atoms with Gasteiger partial charge in [0.15, 0.2) is 34.6 Å². The Labute approximate surface area is 118 Å². The molecule has 0 saturated heterocycles. The van der Waals surface area contributed by atoms with Gasteiger partial charge in [0.25, 0.3) is 0 Å². The molecule has 0 fully saturated rings. The summed E-state index contributed by atoms with van der Waals surface area (Å²) < 4.78 is 13.8. The highest BCUT2D eigenvalue weighted by molar-refractivity contribution is 6.10. The minimum atomic E-state index is -1.40. The Morgan fingerprint density at radius 3 is 2.05 bits per heavy atom. The molecule has 0 atom stereocenters. The Kier molecular flexibility index (Phi) is 3.34. The summed E-state index contributed by atoms with van der Waals surface area (Å²) in [6.07, 6.45) is 0. The van der Waals surface area contributed by atoms with Gasteiger partial charge in [-0.1, -0.05) is 0 Å². The van der Waals surface area contributed by atoms with Gasteiger partial charge in [-0.15, -0.1) is 0 Å². The lowest BCUT2D eigenvalue weighted by atomic mass is 9.99. The predicted molar refractivity (Wildman–Crippen MR) is 69.3 cm³/mol. The van der Waals surface area contributed by atoms with Crippen LogP contribution in [-0.4, -0.2) is 31.3 Å². The molecule has 0 amide bonds. The van der Waals surface area contributed by atoms with Crippen LogP contribution < -0.4 is 0 Å². The van der Waals surface area contributed by atoms with Crippen LogP contribution in [0.4, 0.5) is 4.39 Å². The molecule has 2 aromatic rings. The van der Waals surface area contributed by atoms with E-state index in [-0.39, 0.29) is 11.1 Å². The second kappa shape index (κ2) is 4.86. The first-order chi connectivity index (χ1) is 9.73. The van der Waals surface area contributed by atoms with Gasteiger partial charge < -0.3 is 25.5 Å². The second-order valence-electron chi connectivity index (χ2n) is 4.44. The van der Waals surface area contributed by atoms with Crippen molar-refractivity contribution in [2.45, 2.75) is 6.92 Å². The van der Waals surface area contributed by atoms with Crippen LogP contribution in [0.15, 0.2) is 18.2 Å². The molecule has 0 unspecified atom stereocenters. The monoisotopic (exact) mass is 294 g/mol. The van der Waals surface area contributed by atoms with Gasteiger partial charge in [-0.2, -0.15) is 0 Å². The van der Waals surface area contributed by atoms with Crippen molar-refractivity contribution in [1.29, 1.82) is 0 Å². The number of carbonyl (C=O) groups is 1. The maximum Gasteiger partial charge on any atom is 0.203 e. The van der Waals surface area contributed by atoms with E-state index < -0.39 is 45.9 Å². The highest BCUT2D eigenvalue weighted by Crippen LogP contribution is 2.39. The molecule has 5 N–H and O–H groups in total. The summed E-state index contributed by atoms with van der Waals surface area (Å²) in [5, 5.41) is 46.7. The Morgan fingerprint density at radius 1 is 0.905 bits per heavy atom. The molecule has 0 spiro atoms. The first-order valence-corrected chi connectivity index (χ1v) is 5.74. The van der Waals surface area contributed by atoms with Crippen molar-refractivity contribution in [2.75, 3.05) is 0 Å². The van der Waals surface area contributed by atoms with Crippen LogP contribution in [0, 0.1) is 12.7 Å². The molecule has 0 aliphatic carbocycles. The van der Waals surface area contributed by atoms with E-state index >= 15 is 0 Å². The fourth-order valence-corrected chi connectivity index (χ4v) is 1.83. The van der Waals surface area contributed by atoms with Gasteiger partial charge in [0.05, 0.1) is 5.56 Å². The smallest absolute Gasteiger partial charge is 0.203 e. The third kappa shape index (κ3) is 2.29. The van der Waals surface area contributed by atoms with Crippen LogP contribution >= 0.6 is 0 Å². The van der Waals surface area contributed by atoms with Crippen molar-refractivity contribution in [1.82, 2.24) is 0 Å². The molecule has 6 nitrogen and oxygen atoms in total. The summed E-state index contributed by atoms with van der Waals surface area (Å²) in [6, 6.07) is 2.79. The lowest BCUT2D eigenvalue weighted by Gasteiger charge is -2.09. The lowest BCUT2D eigenvalue weighted by molar-refractivity contribution is 0.103. The van der Waals surface area contributed by atoms with Gasteiger partial charge in [-0.05, 0) is 30.7 Å². The Morgan fingerprint density at radius 2 is 1.48 bits per heavy atom. The van der Waals surface area contributed by atoms with Gasteiger partial charge in [-0.25, -0.2) is 4.39 Å². The number of hydrogen-bond donors (Lipinski definition) is 5. The highest BCUT2D eigenvalue weighted by Gasteiger charge is 2.23. The molecule has 0 aliphatic heterocycles. The van der Waals surface area contributed by atoms with Gasteiger partial charge in [-0.3, -0.25) is 4.79 Å². The number of rotatable bonds is 2.